The molecule has 0 aromatic carbocycles. The van der Waals surface area contributed by atoms with Crippen molar-refractivity contribution in [2.45, 2.75) is 90.5 Å². The van der Waals surface area contributed by atoms with Gasteiger partial charge in [-0.15, -0.1) is 0 Å². The molecular weight excluding hydrogens is 348 g/mol. The predicted molar refractivity (Wildman–Crippen MR) is 105 cm³/mol. The molecule has 0 unspecified atom stereocenters. The lowest BCUT2D eigenvalue weighted by Crippen LogP contribution is -2.23. The molecule has 146 valence electrons. The van der Waals surface area contributed by atoms with E-state index in [0.717, 1.165) is 37.0 Å². The van der Waals surface area contributed by atoms with Gasteiger partial charge in [-0.3, -0.25) is 4.79 Å². The van der Waals surface area contributed by atoms with E-state index in [1.807, 2.05) is 0 Å². The third kappa shape index (κ3) is 4.62. The number of carboxylic acid groups (broad SMARTS) is 1. The molecule has 0 atom stereocenters. The zero-order valence-electron chi connectivity index (χ0n) is 16.2. The fraction of sp³-hybridized carbons (Fsp3) is 0.810. The Bertz CT molecular complexity index is 612. The van der Waals surface area contributed by atoms with Crippen molar-refractivity contribution in [3.05, 3.63) is 16.7 Å². The summed E-state index contributed by atoms with van der Waals surface area (Å²) in [7, 11) is 0. The van der Waals surface area contributed by atoms with E-state index in [4.69, 9.17) is 11.6 Å². The van der Waals surface area contributed by atoms with Crippen LogP contribution in [0.25, 0.3) is 0 Å². The summed E-state index contributed by atoms with van der Waals surface area (Å²) in [4.78, 5) is 16.1. The molecule has 1 aromatic rings. The molecule has 2 fully saturated rings. The largest absolute Gasteiger partial charge is 0.481 e. The normalized spacial score (nSPS) is 24.9. The van der Waals surface area contributed by atoms with Crippen LogP contribution >= 0.6 is 11.6 Å². The smallest absolute Gasteiger partial charge is 0.309 e. The van der Waals surface area contributed by atoms with Crippen LogP contribution in [0.2, 0.25) is 5.15 Å². The van der Waals surface area contributed by atoms with Crippen molar-refractivity contribution >= 4 is 17.6 Å². The fourth-order valence-corrected chi connectivity index (χ4v) is 5.23. The van der Waals surface area contributed by atoms with Gasteiger partial charge < -0.3 is 9.67 Å². The summed E-state index contributed by atoms with van der Waals surface area (Å²) in [6.07, 6.45) is 11.1. The Morgan fingerprint density at radius 2 is 1.81 bits per heavy atom. The minimum Gasteiger partial charge on any atom is -0.481 e. The van der Waals surface area contributed by atoms with E-state index in [1.54, 1.807) is 0 Å². The molecule has 0 aliphatic heterocycles. The predicted octanol–water partition coefficient (Wildman–Crippen LogP) is 5.67. The molecule has 0 bridgehead atoms. The molecule has 0 saturated heterocycles. The monoisotopic (exact) mass is 380 g/mol. The summed E-state index contributed by atoms with van der Waals surface area (Å²) >= 11 is 6.41. The molecule has 0 amide bonds. The van der Waals surface area contributed by atoms with E-state index < -0.39 is 5.97 Å². The third-order valence-electron chi connectivity index (χ3n) is 6.62. The van der Waals surface area contributed by atoms with Crippen molar-refractivity contribution < 1.29 is 9.90 Å². The zero-order valence-corrected chi connectivity index (χ0v) is 17.0. The van der Waals surface area contributed by atoms with Crippen LogP contribution in [0.15, 0.2) is 0 Å². The summed E-state index contributed by atoms with van der Waals surface area (Å²) in [5.74, 6) is 2.83. The highest BCUT2D eigenvalue weighted by atomic mass is 35.5. The molecular formula is C21H33ClN2O2. The molecule has 2 saturated carbocycles. The Morgan fingerprint density at radius 1 is 1.15 bits per heavy atom. The first-order chi connectivity index (χ1) is 12.5. The van der Waals surface area contributed by atoms with Crippen molar-refractivity contribution in [2.75, 3.05) is 0 Å². The standard InChI is InChI=1S/C21H33ClN2O2/c1-14(2)16-8-10-17(11-9-16)21-23-20(22)18(12-19(25)26)24(21)13-15-6-4-3-5-7-15/h14-17H,3-13H2,1-2H3,(H,25,26). The van der Waals surface area contributed by atoms with Crippen LogP contribution in [0.1, 0.15) is 89.1 Å². The minimum absolute atomic E-state index is 0.0279. The van der Waals surface area contributed by atoms with Gasteiger partial charge in [-0.05, 0) is 56.3 Å². The van der Waals surface area contributed by atoms with Gasteiger partial charge in [0.05, 0.1) is 12.1 Å². The first kappa shape index (κ1) is 19.7. The number of hydrogen-bond acceptors (Lipinski definition) is 2. The van der Waals surface area contributed by atoms with Crippen LogP contribution in [0.5, 0.6) is 0 Å². The van der Waals surface area contributed by atoms with Gasteiger partial charge in [-0.2, -0.15) is 0 Å². The molecule has 1 N–H and O–H groups in total. The van der Waals surface area contributed by atoms with E-state index in [-0.39, 0.29) is 6.42 Å². The number of aliphatic carboxylic acids is 1. The second kappa shape index (κ2) is 8.77. The van der Waals surface area contributed by atoms with Crippen LogP contribution in [0.3, 0.4) is 0 Å². The lowest BCUT2D eigenvalue weighted by Gasteiger charge is -2.32. The number of hydrogen-bond donors (Lipinski definition) is 1. The molecule has 2 aliphatic rings. The average molecular weight is 381 g/mol. The molecule has 0 radical (unpaired) electrons. The van der Waals surface area contributed by atoms with E-state index in [9.17, 15) is 9.90 Å². The summed E-state index contributed by atoms with van der Waals surface area (Å²) in [5.41, 5.74) is 0.714. The van der Waals surface area contributed by atoms with Crippen molar-refractivity contribution in [3.63, 3.8) is 0 Å². The summed E-state index contributed by atoms with van der Waals surface area (Å²) in [6.45, 7) is 5.52. The van der Waals surface area contributed by atoms with E-state index in [0.29, 0.717) is 22.7 Å². The average Bonchev–Trinajstić information content (AvgIpc) is 2.91. The second-order valence-electron chi connectivity index (χ2n) is 8.75. The lowest BCUT2D eigenvalue weighted by atomic mass is 9.76. The molecule has 5 heteroatoms. The van der Waals surface area contributed by atoms with E-state index in [1.165, 1.54) is 44.9 Å². The maximum Gasteiger partial charge on any atom is 0.309 e. The highest BCUT2D eigenvalue weighted by Crippen LogP contribution is 2.40. The maximum absolute atomic E-state index is 11.4. The molecule has 0 spiro atoms. The summed E-state index contributed by atoms with van der Waals surface area (Å²) in [6, 6.07) is 0. The van der Waals surface area contributed by atoms with Crippen LogP contribution in [0.4, 0.5) is 0 Å². The molecule has 2 aliphatic carbocycles. The Balaban J connectivity index is 1.82. The van der Waals surface area contributed by atoms with Gasteiger partial charge in [0.1, 0.15) is 5.82 Å². The molecule has 4 nitrogen and oxygen atoms in total. The van der Waals surface area contributed by atoms with Crippen LogP contribution in [-0.2, 0) is 17.8 Å². The highest BCUT2D eigenvalue weighted by Gasteiger charge is 2.30. The number of halogens is 1. The lowest BCUT2D eigenvalue weighted by molar-refractivity contribution is -0.136. The maximum atomic E-state index is 11.4. The van der Waals surface area contributed by atoms with Gasteiger partial charge in [0.15, 0.2) is 5.15 Å². The van der Waals surface area contributed by atoms with Crippen LogP contribution in [0, 0.1) is 17.8 Å². The minimum atomic E-state index is -0.827. The van der Waals surface area contributed by atoms with Gasteiger partial charge >= 0.3 is 5.97 Å². The zero-order chi connectivity index (χ0) is 18.7. The number of imidazole rings is 1. The fourth-order valence-electron chi connectivity index (χ4n) is 4.97. The van der Waals surface area contributed by atoms with Crippen LogP contribution in [-0.4, -0.2) is 20.6 Å². The number of nitrogens with zero attached hydrogens (tertiary/aromatic N) is 2. The van der Waals surface area contributed by atoms with Gasteiger partial charge in [0.25, 0.3) is 0 Å². The second-order valence-corrected chi connectivity index (χ2v) is 9.11. The Morgan fingerprint density at radius 3 is 2.38 bits per heavy atom. The Labute approximate surface area is 162 Å². The molecule has 1 aromatic heterocycles. The van der Waals surface area contributed by atoms with E-state index in [2.05, 4.69) is 23.4 Å². The molecule has 1 heterocycles. The van der Waals surface area contributed by atoms with E-state index >= 15 is 0 Å². The first-order valence-corrected chi connectivity index (χ1v) is 10.8. The number of carboxylic acids is 1. The van der Waals surface area contributed by atoms with Gasteiger partial charge in [0.2, 0.25) is 0 Å². The van der Waals surface area contributed by atoms with Crippen molar-refractivity contribution in [1.82, 2.24) is 9.55 Å². The van der Waals surface area contributed by atoms with Crippen molar-refractivity contribution in [3.8, 4) is 0 Å². The SMILES string of the molecule is CC(C)C1CCC(c2nc(Cl)c(CC(=O)O)n2CC2CCCCC2)CC1. The summed E-state index contributed by atoms with van der Waals surface area (Å²) < 4.78 is 2.20. The topological polar surface area (TPSA) is 55.1 Å². The number of aromatic nitrogens is 2. The van der Waals surface area contributed by atoms with Gasteiger partial charge in [0, 0.05) is 12.5 Å². The third-order valence-corrected chi connectivity index (χ3v) is 6.92. The van der Waals surface area contributed by atoms with Gasteiger partial charge in [-0.1, -0.05) is 44.7 Å². The summed E-state index contributed by atoms with van der Waals surface area (Å²) in [5, 5.41) is 9.74. The van der Waals surface area contributed by atoms with Crippen molar-refractivity contribution in [1.29, 1.82) is 0 Å². The quantitative estimate of drug-likeness (QED) is 0.691. The number of carbonyl (C=O) groups is 1. The Kier molecular flexibility index (Phi) is 6.65. The highest BCUT2D eigenvalue weighted by molar-refractivity contribution is 6.30. The van der Waals surface area contributed by atoms with Gasteiger partial charge in [-0.25, -0.2) is 4.98 Å². The van der Waals surface area contributed by atoms with Crippen molar-refractivity contribution in [2.24, 2.45) is 17.8 Å². The first-order valence-electron chi connectivity index (χ1n) is 10.4. The number of rotatable bonds is 6. The van der Waals surface area contributed by atoms with Crippen LogP contribution < -0.4 is 0 Å². The Hall–Kier alpha value is -1.03. The molecule has 3 rings (SSSR count). The molecule has 26 heavy (non-hydrogen) atoms.